The first kappa shape index (κ1) is 13.0. The molecule has 0 aliphatic heterocycles. The van der Waals surface area contributed by atoms with E-state index in [2.05, 4.69) is 10.4 Å². The van der Waals surface area contributed by atoms with Crippen molar-refractivity contribution in [3.05, 3.63) is 12.4 Å². The molecule has 1 atom stereocenters. The predicted octanol–water partition coefficient (Wildman–Crippen LogP) is 1.34. The highest BCUT2D eigenvalue weighted by Crippen LogP contribution is 2.08. The molecule has 0 saturated heterocycles. The van der Waals surface area contributed by atoms with E-state index in [0.717, 1.165) is 0 Å². The number of carbonyl (C=O) groups is 1. The van der Waals surface area contributed by atoms with Crippen molar-refractivity contribution in [1.29, 1.82) is 0 Å². The monoisotopic (exact) mass is 245 g/mol. The van der Waals surface area contributed by atoms with E-state index in [1.807, 2.05) is 0 Å². The van der Waals surface area contributed by atoms with Gasteiger partial charge in [0.25, 0.3) is 0 Å². The molecular weight excluding hydrogens is 230 g/mol. The summed E-state index contributed by atoms with van der Waals surface area (Å²) in [7, 11) is 1.63. The summed E-state index contributed by atoms with van der Waals surface area (Å²) in [5.41, 5.74) is 0.679. The zero-order valence-corrected chi connectivity index (χ0v) is 10.2. The topological polar surface area (TPSA) is 56.1 Å². The van der Waals surface area contributed by atoms with Crippen LogP contribution >= 0.6 is 11.6 Å². The fraction of sp³-hybridized carbons (Fsp3) is 0.600. The summed E-state index contributed by atoms with van der Waals surface area (Å²) in [5.74, 6) is 0.00851. The Kier molecular flexibility index (Phi) is 5.28. The number of rotatable bonds is 6. The molecular formula is C10H16ClN3O2. The van der Waals surface area contributed by atoms with E-state index in [9.17, 15) is 4.79 Å². The molecule has 0 aliphatic rings. The van der Waals surface area contributed by atoms with Gasteiger partial charge in [0.2, 0.25) is 5.91 Å². The van der Waals surface area contributed by atoms with Gasteiger partial charge in [-0.1, -0.05) is 6.92 Å². The first-order valence-electron chi connectivity index (χ1n) is 5.05. The Morgan fingerprint density at radius 2 is 2.50 bits per heavy atom. The summed E-state index contributed by atoms with van der Waals surface area (Å²) in [6, 6.07) is 0. The van der Waals surface area contributed by atoms with Crippen LogP contribution in [0.1, 0.15) is 6.92 Å². The highest BCUT2D eigenvalue weighted by molar-refractivity contribution is 6.19. The molecule has 0 bridgehead atoms. The largest absolute Gasteiger partial charge is 0.383 e. The molecule has 0 aromatic carbocycles. The number of ether oxygens (including phenoxy) is 1. The van der Waals surface area contributed by atoms with Gasteiger partial charge in [0.1, 0.15) is 0 Å². The van der Waals surface area contributed by atoms with Crippen molar-refractivity contribution in [3.8, 4) is 0 Å². The number of hydrogen-bond acceptors (Lipinski definition) is 3. The van der Waals surface area contributed by atoms with Crippen LogP contribution in [0.25, 0.3) is 0 Å². The number of carbonyl (C=O) groups excluding carboxylic acids is 1. The van der Waals surface area contributed by atoms with Gasteiger partial charge < -0.3 is 10.1 Å². The molecule has 1 heterocycles. The zero-order chi connectivity index (χ0) is 12.0. The smallest absolute Gasteiger partial charge is 0.228 e. The van der Waals surface area contributed by atoms with E-state index in [4.69, 9.17) is 16.3 Å². The Morgan fingerprint density at radius 3 is 3.12 bits per heavy atom. The minimum atomic E-state index is -0.205. The van der Waals surface area contributed by atoms with Crippen molar-refractivity contribution in [2.45, 2.75) is 13.5 Å². The summed E-state index contributed by atoms with van der Waals surface area (Å²) >= 11 is 5.59. The molecule has 16 heavy (non-hydrogen) atoms. The molecule has 1 aromatic heterocycles. The average Bonchev–Trinajstić information content (AvgIpc) is 2.72. The van der Waals surface area contributed by atoms with Gasteiger partial charge in [-0.2, -0.15) is 5.10 Å². The molecule has 6 heteroatoms. The Bertz CT molecular complexity index is 341. The number of halogens is 1. The van der Waals surface area contributed by atoms with Crippen LogP contribution in [0.2, 0.25) is 0 Å². The van der Waals surface area contributed by atoms with E-state index in [-0.39, 0.29) is 11.8 Å². The fourth-order valence-electron chi connectivity index (χ4n) is 1.07. The molecule has 0 spiro atoms. The lowest BCUT2D eigenvalue weighted by Gasteiger charge is -2.06. The Hall–Kier alpha value is -1.07. The molecule has 0 fully saturated rings. The molecule has 0 aliphatic carbocycles. The van der Waals surface area contributed by atoms with Gasteiger partial charge in [-0.15, -0.1) is 11.6 Å². The minimum Gasteiger partial charge on any atom is -0.383 e. The molecule has 90 valence electrons. The van der Waals surface area contributed by atoms with Gasteiger partial charge >= 0.3 is 0 Å². The standard InChI is InChI=1S/C10H16ClN3O2/c1-8(5-11)10(15)13-9-6-12-14(7-9)3-4-16-2/h6-8H,3-5H2,1-2H3,(H,13,15). The number of aromatic nitrogens is 2. The third-order valence-corrected chi connectivity index (χ3v) is 2.57. The third-order valence-electron chi connectivity index (χ3n) is 2.10. The number of nitrogens with zero attached hydrogens (tertiary/aromatic N) is 2. The SMILES string of the molecule is COCCn1cc(NC(=O)C(C)CCl)cn1. The van der Waals surface area contributed by atoms with Crippen LogP contribution in [-0.2, 0) is 16.1 Å². The number of methoxy groups -OCH3 is 1. The first-order valence-corrected chi connectivity index (χ1v) is 5.59. The summed E-state index contributed by atoms with van der Waals surface area (Å²) < 4.78 is 6.64. The minimum absolute atomic E-state index is 0.0960. The van der Waals surface area contributed by atoms with E-state index in [1.165, 1.54) is 0 Å². The maximum atomic E-state index is 11.5. The van der Waals surface area contributed by atoms with Crippen LogP contribution in [-0.4, -0.2) is 35.3 Å². The van der Waals surface area contributed by atoms with Crippen LogP contribution in [0.4, 0.5) is 5.69 Å². The Labute approximate surface area is 99.7 Å². The quantitative estimate of drug-likeness (QED) is 0.770. The van der Waals surface area contributed by atoms with Gasteiger partial charge in [0, 0.05) is 25.1 Å². The molecule has 1 aromatic rings. The van der Waals surface area contributed by atoms with Crippen molar-refractivity contribution in [2.75, 3.05) is 24.9 Å². The van der Waals surface area contributed by atoms with Gasteiger partial charge in [0.15, 0.2) is 0 Å². The lowest BCUT2D eigenvalue weighted by atomic mass is 10.2. The van der Waals surface area contributed by atoms with Crippen molar-refractivity contribution < 1.29 is 9.53 Å². The lowest BCUT2D eigenvalue weighted by molar-refractivity contribution is -0.118. The van der Waals surface area contributed by atoms with Crippen LogP contribution in [0.5, 0.6) is 0 Å². The molecule has 5 nitrogen and oxygen atoms in total. The van der Waals surface area contributed by atoms with Gasteiger partial charge in [-0.05, 0) is 0 Å². The molecule has 0 saturated carbocycles. The van der Waals surface area contributed by atoms with Gasteiger partial charge in [-0.3, -0.25) is 9.48 Å². The van der Waals surface area contributed by atoms with Crippen molar-refractivity contribution in [1.82, 2.24) is 9.78 Å². The Morgan fingerprint density at radius 1 is 1.75 bits per heavy atom. The summed E-state index contributed by atoms with van der Waals surface area (Å²) in [5, 5.41) is 6.82. The molecule has 1 unspecified atom stereocenters. The summed E-state index contributed by atoms with van der Waals surface area (Å²) in [6.45, 7) is 3.03. The molecule has 0 radical (unpaired) electrons. The molecule has 1 N–H and O–H groups in total. The average molecular weight is 246 g/mol. The molecule has 1 amide bonds. The van der Waals surface area contributed by atoms with E-state index in [1.54, 1.807) is 31.1 Å². The van der Waals surface area contributed by atoms with Crippen molar-refractivity contribution >= 4 is 23.2 Å². The van der Waals surface area contributed by atoms with E-state index in [0.29, 0.717) is 24.7 Å². The lowest BCUT2D eigenvalue weighted by Crippen LogP contribution is -2.21. The second-order valence-electron chi connectivity index (χ2n) is 3.53. The number of amides is 1. The van der Waals surface area contributed by atoms with Crippen molar-refractivity contribution in [2.24, 2.45) is 5.92 Å². The zero-order valence-electron chi connectivity index (χ0n) is 9.44. The van der Waals surface area contributed by atoms with E-state index < -0.39 is 0 Å². The second-order valence-corrected chi connectivity index (χ2v) is 3.84. The second kappa shape index (κ2) is 6.50. The van der Waals surface area contributed by atoms with Crippen LogP contribution in [0.3, 0.4) is 0 Å². The van der Waals surface area contributed by atoms with Crippen molar-refractivity contribution in [3.63, 3.8) is 0 Å². The van der Waals surface area contributed by atoms with Crippen LogP contribution < -0.4 is 5.32 Å². The van der Waals surface area contributed by atoms with Gasteiger partial charge in [-0.25, -0.2) is 0 Å². The maximum absolute atomic E-state index is 11.5. The van der Waals surface area contributed by atoms with E-state index >= 15 is 0 Å². The first-order chi connectivity index (χ1) is 7.67. The molecule has 1 rings (SSSR count). The highest BCUT2D eigenvalue weighted by Gasteiger charge is 2.12. The summed E-state index contributed by atoms with van der Waals surface area (Å²) in [4.78, 5) is 11.5. The normalized spacial score (nSPS) is 12.4. The van der Waals surface area contributed by atoms with Gasteiger partial charge in [0.05, 0.1) is 25.0 Å². The highest BCUT2D eigenvalue weighted by atomic mass is 35.5. The maximum Gasteiger partial charge on any atom is 0.228 e. The number of hydrogen-bond donors (Lipinski definition) is 1. The number of alkyl halides is 1. The van der Waals surface area contributed by atoms with Crippen LogP contribution in [0.15, 0.2) is 12.4 Å². The Balaban J connectivity index is 2.48. The summed E-state index contributed by atoms with van der Waals surface area (Å²) in [6.07, 6.45) is 3.37. The third kappa shape index (κ3) is 3.83. The number of nitrogens with one attached hydrogen (secondary N) is 1. The fourth-order valence-corrected chi connectivity index (χ4v) is 1.21. The predicted molar refractivity (Wildman–Crippen MR) is 62.6 cm³/mol. The van der Waals surface area contributed by atoms with Crippen LogP contribution in [0, 0.1) is 5.92 Å². The number of anilines is 1.